The van der Waals surface area contributed by atoms with Gasteiger partial charge < -0.3 is 9.32 Å². The first-order valence-electron chi connectivity index (χ1n) is 18.7. The molecule has 0 bridgehead atoms. The minimum Gasteiger partial charge on any atom is -0.455 e. The zero-order valence-electron chi connectivity index (χ0n) is 29.8. The summed E-state index contributed by atoms with van der Waals surface area (Å²) in [7, 11) is 0. The van der Waals surface area contributed by atoms with Crippen LogP contribution in [0.5, 0.6) is 0 Å². The minimum atomic E-state index is 0.908. The maximum atomic E-state index is 6.42. The predicted molar refractivity (Wildman–Crippen MR) is 235 cm³/mol. The number of rotatable bonds is 6. The van der Waals surface area contributed by atoms with Gasteiger partial charge in [0.05, 0.1) is 0 Å². The molecule has 0 saturated heterocycles. The summed E-state index contributed by atoms with van der Waals surface area (Å²) < 4.78 is 9.06. The Labute approximate surface area is 322 Å². The van der Waals surface area contributed by atoms with E-state index in [4.69, 9.17) is 4.42 Å². The Morgan fingerprint density at radius 3 is 1.82 bits per heavy atom. The van der Waals surface area contributed by atoms with Crippen LogP contribution in [0, 0.1) is 0 Å². The molecule has 11 rings (SSSR count). The molecule has 11 aromatic rings. The summed E-state index contributed by atoms with van der Waals surface area (Å²) >= 11 is 1.86. The van der Waals surface area contributed by atoms with Gasteiger partial charge in [0.15, 0.2) is 0 Å². The van der Waals surface area contributed by atoms with Crippen molar-refractivity contribution in [1.29, 1.82) is 0 Å². The Balaban J connectivity index is 1.01. The fraction of sp³-hybridized carbons (Fsp3) is 0. The van der Waals surface area contributed by atoms with Gasteiger partial charge in [-0.15, -0.1) is 11.3 Å². The van der Waals surface area contributed by atoms with E-state index in [0.29, 0.717) is 0 Å². The number of fused-ring (bicyclic) bond motifs is 7. The quantitative estimate of drug-likeness (QED) is 0.170. The van der Waals surface area contributed by atoms with Crippen LogP contribution in [0.3, 0.4) is 0 Å². The molecule has 0 amide bonds. The summed E-state index contributed by atoms with van der Waals surface area (Å²) in [6.07, 6.45) is 0. The lowest BCUT2D eigenvalue weighted by molar-refractivity contribution is 0.670. The Hall–Kier alpha value is -6.94. The van der Waals surface area contributed by atoms with Crippen LogP contribution in [0.25, 0.3) is 86.3 Å². The molecule has 2 aromatic heterocycles. The number of anilines is 3. The van der Waals surface area contributed by atoms with Gasteiger partial charge in [0, 0.05) is 53.6 Å². The van der Waals surface area contributed by atoms with E-state index in [-0.39, 0.29) is 0 Å². The fourth-order valence-electron chi connectivity index (χ4n) is 8.21. The van der Waals surface area contributed by atoms with Crippen molar-refractivity contribution in [3.8, 4) is 33.4 Å². The zero-order chi connectivity index (χ0) is 36.3. The molecule has 9 aromatic carbocycles. The first-order chi connectivity index (χ1) is 27.2. The number of thiophene rings is 1. The molecule has 0 aliphatic carbocycles. The molecule has 0 aliphatic rings. The van der Waals surface area contributed by atoms with Crippen LogP contribution in [-0.4, -0.2) is 0 Å². The second-order valence-corrected chi connectivity index (χ2v) is 15.2. The second-order valence-electron chi connectivity index (χ2n) is 14.1. The lowest BCUT2D eigenvalue weighted by Gasteiger charge is -2.26. The number of para-hydroxylation sites is 2. The maximum absolute atomic E-state index is 6.42. The van der Waals surface area contributed by atoms with Gasteiger partial charge in [0.25, 0.3) is 0 Å². The smallest absolute Gasteiger partial charge is 0.143 e. The number of hydrogen-bond donors (Lipinski definition) is 0. The van der Waals surface area contributed by atoms with Gasteiger partial charge in [0.2, 0.25) is 0 Å². The van der Waals surface area contributed by atoms with E-state index in [9.17, 15) is 0 Å². The average Bonchev–Trinajstić information content (AvgIpc) is 3.82. The normalized spacial score (nSPS) is 11.6. The number of furan rings is 1. The van der Waals surface area contributed by atoms with Crippen molar-refractivity contribution in [2.45, 2.75) is 0 Å². The van der Waals surface area contributed by atoms with Crippen molar-refractivity contribution in [3.05, 3.63) is 200 Å². The van der Waals surface area contributed by atoms with Crippen LogP contribution < -0.4 is 4.90 Å². The highest BCUT2D eigenvalue weighted by Gasteiger charge is 2.17. The molecular weight excluding hydrogens is 687 g/mol. The van der Waals surface area contributed by atoms with Crippen LogP contribution >= 0.6 is 11.3 Å². The van der Waals surface area contributed by atoms with Crippen molar-refractivity contribution in [1.82, 2.24) is 0 Å². The number of hydrogen-bond acceptors (Lipinski definition) is 3. The van der Waals surface area contributed by atoms with Crippen molar-refractivity contribution < 1.29 is 4.42 Å². The topological polar surface area (TPSA) is 16.4 Å². The van der Waals surface area contributed by atoms with Crippen LogP contribution in [0.4, 0.5) is 17.1 Å². The third-order valence-corrected chi connectivity index (χ3v) is 12.0. The van der Waals surface area contributed by atoms with E-state index in [1.807, 2.05) is 23.5 Å². The van der Waals surface area contributed by atoms with E-state index < -0.39 is 0 Å². The van der Waals surface area contributed by atoms with Gasteiger partial charge in [-0.2, -0.15) is 0 Å². The number of nitrogens with zero attached hydrogens (tertiary/aromatic N) is 1. The molecule has 55 heavy (non-hydrogen) atoms. The van der Waals surface area contributed by atoms with E-state index in [1.54, 1.807) is 0 Å². The van der Waals surface area contributed by atoms with E-state index in [2.05, 4.69) is 193 Å². The molecule has 0 fully saturated rings. The molecule has 258 valence electrons. The third kappa shape index (κ3) is 5.40. The summed E-state index contributed by atoms with van der Waals surface area (Å²) in [5.41, 5.74) is 12.1. The van der Waals surface area contributed by atoms with Gasteiger partial charge in [-0.05, 0) is 93.2 Å². The fourth-order valence-corrected chi connectivity index (χ4v) is 9.36. The lowest BCUT2D eigenvalue weighted by atomic mass is 9.97. The molecule has 0 saturated carbocycles. The van der Waals surface area contributed by atoms with Gasteiger partial charge in [-0.1, -0.05) is 146 Å². The van der Waals surface area contributed by atoms with Crippen LogP contribution in [0.15, 0.2) is 205 Å². The Morgan fingerprint density at radius 1 is 0.345 bits per heavy atom. The van der Waals surface area contributed by atoms with E-state index in [1.165, 1.54) is 53.2 Å². The van der Waals surface area contributed by atoms with Crippen molar-refractivity contribution >= 4 is 81.3 Å². The summed E-state index contributed by atoms with van der Waals surface area (Å²) in [6, 6.07) is 72.2. The Morgan fingerprint density at radius 2 is 0.964 bits per heavy atom. The largest absolute Gasteiger partial charge is 0.455 e. The van der Waals surface area contributed by atoms with Gasteiger partial charge >= 0.3 is 0 Å². The standard InChI is InChI=1S/C52H33NOS/c1-2-14-42-35(10-1)11-8-17-43(42)38-12-7-13-41(32-38)53(39-27-22-34(23-28-39)37-26-31-47-46-16-4-6-21-50(46)55-51(47)33-37)40-29-24-36(25-30-40)44-18-9-19-48-45-15-3-5-20-49(45)54-52(44)48/h1-33H. The molecule has 0 spiro atoms. The monoisotopic (exact) mass is 719 g/mol. The van der Waals surface area contributed by atoms with Crippen LogP contribution in [-0.2, 0) is 0 Å². The predicted octanol–water partition coefficient (Wildman–Crippen LogP) is 15.6. The summed E-state index contributed by atoms with van der Waals surface area (Å²) in [5.74, 6) is 0. The molecule has 0 N–H and O–H groups in total. The molecule has 3 heteroatoms. The van der Waals surface area contributed by atoms with Gasteiger partial charge in [-0.3, -0.25) is 0 Å². The molecule has 0 atom stereocenters. The molecule has 2 nitrogen and oxygen atoms in total. The minimum absolute atomic E-state index is 0.908. The Bertz CT molecular complexity index is 3200. The number of benzene rings is 9. The zero-order valence-corrected chi connectivity index (χ0v) is 30.6. The van der Waals surface area contributed by atoms with Gasteiger partial charge in [-0.25, -0.2) is 0 Å². The van der Waals surface area contributed by atoms with Crippen LogP contribution in [0.2, 0.25) is 0 Å². The molecular formula is C52H33NOS. The van der Waals surface area contributed by atoms with Crippen LogP contribution in [0.1, 0.15) is 0 Å². The second kappa shape index (κ2) is 12.9. The third-order valence-electron chi connectivity index (χ3n) is 10.9. The molecule has 0 radical (unpaired) electrons. The summed E-state index contributed by atoms with van der Waals surface area (Å²) in [6.45, 7) is 0. The first-order valence-corrected chi connectivity index (χ1v) is 19.5. The van der Waals surface area contributed by atoms with Crippen molar-refractivity contribution in [2.75, 3.05) is 4.90 Å². The average molecular weight is 720 g/mol. The maximum Gasteiger partial charge on any atom is 0.143 e. The van der Waals surface area contributed by atoms with Gasteiger partial charge in [0.1, 0.15) is 11.2 Å². The molecule has 0 unspecified atom stereocenters. The summed E-state index contributed by atoms with van der Waals surface area (Å²) in [4.78, 5) is 2.36. The lowest BCUT2D eigenvalue weighted by Crippen LogP contribution is -2.10. The van der Waals surface area contributed by atoms with E-state index in [0.717, 1.165) is 50.1 Å². The van der Waals surface area contributed by atoms with E-state index >= 15 is 0 Å². The molecule has 2 heterocycles. The highest BCUT2D eigenvalue weighted by Crippen LogP contribution is 2.42. The SMILES string of the molecule is c1cc(-c2cccc3ccccc23)cc(N(c2ccc(-c3ccc4c(c3)sc3ccccc34)cc2)c2ccc(-c3cccc4c3oc3ccccc34)cc2)c1. The summed E-state index contributed by atoms with van der Waals surface area (Å²) in [5, 5.41) is 7.40. The molecule has 0 aliphatic heterocycles. The highest BCUT2D eigenvalue weighted by molar-refractivity contribution is 7.25. The first kappa shape index (κ1) is 31.6. The van der Waals surface area contributed by atoms with Crippen molar-refractivity contribution in [2.24, 2.45) is 0 Å². The van der Waals surface area contributed by atoms with Crippen molar-refractivity contribution in [3.63, 3.8) is 0 Å². The Kier molecular flexibility index (Phi) is 7.39. The highest BCUT2D eigenvalue weighted by atomic mass is 32.1.